The van der Waals surface area contributed by atoms with Gasteiger partial charge in [0.2, 0.25) is 0 Å². The molecule has 1 heterocycles. The molecule has 0 aliphatic rings. The maximum absolute atomic E-state index is 6.59. The van der Waals surface area contributed by atoms with Crippen LogP contribution in [-0.2, 0) is 13.5 Å². The van der Waals surface area contributed by atoms with Gasteiger partial charge in [0.25, 0.3) is 0 Å². The summed E-state index contributed by atoms with van der Waals surface area (Å²) in [5.74, 6) is 1.07. The van der Waals surface area contributed by atoms with Crippen molar-refractivity contribution in [2.75, 3.05) is 13.1 Å². The molecule has 0 aliphatic carbocycles. The molecule has 2 N–H and O–H groups in total. The van der Waals surface area contributed by atoms with Crippen LogP contribution >= 0.6 is 0 Å². The topological polar surface area (TPSA) is 47.1 Å². The van der Waals surface area contributed by atoms with Gasteiger partial charge in [-0.3, -0.25) is 4.90 Å². The molecule has 1 atom stereocenters. The second-order valence-corrected chi connectivity index (χ2v) is 5.25. The Kier molecular flexibility index (Phi) is 6.01. The predicted molar refractivity (Wildman–Crippen MR) is 81.1 cm³/mol. The third kappa shape index (κ3) is 3.18. The second kappa shape index (κ2) is 7.06. The Hall–Kier alpha value is -0.870. The van der Waals surface area contributed by atoms with Crippen LogP contribution in [0.2, 0.25) is 0 Å². The van der Waals surface area contributed by atoms with E-state index in [1.807, 2.05) is 19.4 Å². The van der Waals surface area contributed by atoms with Crippen LogP contribution in [0.3, 0.4) is 0 Å². The lowest BCUT2D eigenvalue weighted by Crippen LogP contribution is -2.60. The lowest BCUT2D eigenvalue weighted by Gasteiger charge is -2.46. The summed E-state index contributed by atoms with van der Waals surface area (Å²) in [6.45, 7) is 11.0. The molecule has 0 fully saturated rings. The van der Waals surface area contributed by atoms with Gasteiger partial charge in [-0.25, -0.2) is 4.98 Å². The van der Waals surface area contributed by atoms with Crippen molar-refractivity contribution >= 4 is 0 Å². The molecule has 19 heavy (non-hydrogen) atoms. The van der Waals surface area contributed by atoms with Crippen LogP contribution in [-0.4, -0.2) is 39.1 Å². The molecule has 0 spiro atoms. The highest BCUT2D eigenvalue weighted by molar-refractivity contribution is 5.03. The number of hydrogen-bond donors (Lipinski definition) is 1. The number of rotatable bonds is 8. The number of aryl methyl sites for hydroxylation is 1. The van der Waals surface area contributed by atoms with Crippen molar-refractivity contribution in [2.24, 2.45) is 12.8 Å². The normalized spacial score (nSPS) is 14.1. The summed E-state index contributed by atoms with van der Waals surface area (Å²) in [5.41, 5.74) is 6.67. The minimum absolute atomic E-state index is 0.0788. The highest BCUT2D eigenvalue weighted by Crippen LogP contribution is 2.28. The molecule has 1 rings (SSSR count). The minimum atomic E-state index is 0.0788. The van der Waals surface area contributed by atoms with Crippen molar-refractivity contribution in [3.63, 3.8) is 0 Å². The smallest absolute Gasteiger partial charge is 0.109 e. The van der Waals surface area contributed by atoms with E-state index in [1.165, 1.54) is 0 Å². The van der Waals surface area contributed by atoms with Gasteiger partial charge in [-0.2, -0.15) is 0 Å². The number of nitrogens with two attached hydrogens (primary N) is 1. The van der Waals surface area contributed by atoms with Crippen molar-refractivity contribution in [1.29, 1.82) is 0 Å². The highest BCUT2D eigenvalue weighted by atomic mass is 15.2. The highest BCUT2D eigenvalue weighted by Gasteiger charge is 2.38. The van der Waals surface area contributed by atoms with E-state index in [9.17, 15) is 0 Å². The van der Waals surface area contributed by atoms with Crippen LogP contribution in [0, 0.1) is 0 Å². The predicted octanol–water partition coefficient (Wildman–Crippen LogP) is 2.19. The van der Waals surface area contributed by atoms with E-state index < -0.39 is 0 Å². The number of aromatic nitrogens is 2. The van der Waals surface area contributed by atoms with Crippen LogP contribution in [0.15, 0.2) is 12.4 Å². The number of hydrogen-bond acceptors (Lipinski definition) is 3. The summed E-state index contributed by atoms with van der Waals surface area (Å²) in [4.78, 5) is 6.93. The SMILES string of the molecule is CCN(CC)C(CC)(CC)C(N)Cc1nccn1C. The van der Waals surface area contributed by atoms with Gasteiger partial charge in [0.05, 0.1) is 0 Å². The van der Waals surface area contributed by atoms with Gasteiger partial charge >= 0.3 is 0 Å². The third-order valence-electron chi connectivity index (χ3n) is 4.63. The molecular weight excluding hydrogens is 236 g/mol. The monoisotopic (exact) mass is 266 g/mol. The maximum atomic E-state index is 6.59. The van der Waals surface area contributed by atoms with Gasteiger partial charge in [0.15, 0.2) is 0 Å². The Balaban J connectivity index is 2.95. The van der Waals surface area contributed by atoms with E-state index in [2.05, 4.69) is 42.1 Å². The first-order valence-corrected chi connectivity index (χ1v) is 7.52. The average molecular weight is 266 g/mol. The fourth-order valence-corrected chi connectivity index (χ4v) is 3.29. The zero-order valence-electron chi connectivity index (χ0n) is 13.2. The van der Waals surface area contributed by atoms with E-state index in [0.717, 1.165) is 38.2 Å². The quantitative estimate of drug-likeness (QED) is 0.784. The third-order valence-corrected chi connectivity index (χ3v) is 4.63. The van der Waals surface area contributed by atoms with Crippen LogP contribution in [0.5, 0.6) is 0 Å². The fraction of sp³-hybridized carbons (Fsp3) is 0.800. The van der Waals surface area contributed by atoms with Gasteiger partial charge < -0.3 is 10.3 Å². The molecule has 110 valence electrons. The Morgan fingerprint density at radius 3 is 2.21 bits per heavy atom. The molecule has 1 aromatic rings. The number of likely N-dealkylation sites (N-methyl/N-ethyl adjacent to an activating group) is 1. The molecule has 0 aliphatic heterocycles. The van der Waals surface area contributed by atoms with Crippen molar-refractivity contribution in [3.8, 4) is 0 Å². The first-order chi connectivity index (χ1) is 9.05. The lowest BCUT2D eigenvalue weighted by molar-refractivity contribution is 0.0620. The van der Waals surface area contributed by atoms with Crippen molar-refractivity contribution < 1.29 is 0 Å². The summed E-state index contributed by atoms with van der Waals surface area (Å²) in [6, 6.07) is 0.114. The summed E-state index contributed by atoms with van der Waals surface area (Å²) in [5, 5.41) is 0. The lowest BCUT2D eigenvalue weighted by atomic mass is 9.81. The molecule has 0 bridgehead atoms. The Morgan fingerprint density at radius 1 is 1.26 bits per heavy atom. The Bertz CT molecular complexity index is 364. The van der Waals surface area contributed by atoms with E-state index in [0.29, 0.717) is 0 Å². The van der Waals surface area contributed by atoms with Gasteiger partial charge in [-0.1, -0.05) is 27.7 Å². The molecular formula is C15H30N4. The molecule has 1 aromatic heterocycles. The fourth-order valence-electron chi connectivity index (χ4n) is 3.29. The Labute approximate surface area is 118 Å². The largest absolute Gasteiger partial charge is 0.338 e. The van der Waals surface area contributed by atoms with E-state index in [1.54, 1.807) is 0 Å². The molecule has 4 nitrogen and oxygen atoms in total. The second-order valence-electron chi connectivity index (χ2n) is 5.25. The van der Waals surface area contributed by atoms with E-state index >= 15 is 0 Å². The minimum Gasteiger partial charge on any atom is -0.338 e. The standard InChI is InChI=1S/C15H30N4/c1-6-15(7-2,19(8-3)9-4)13(16)12-14-17-10-11-18(14)5/h10-11,13H,6-9,12,16H2,1-5H3. The zero-order valence-corrected chi connectivity index (χ0v) is 13.2. The molecule has 0 saturated carbocycles. The van der Waals surface area contributed by atoms with E-state index in [-0.39, 0.29) is 11.6 Å². The molecule has 4 heteroatoms. The maximum Gasteiger partial charge on any atom is 0.109 e. The van der Waals surface area contributed by atoms with Crippen molar-refractivity contribution in [3.05, 3.63) is 18.2 Å². The zero-order chi connectivity index (χ0) is 14.5. The van der Waals surface area contributed by atoms with Gasteiger partial charge in [-0.15, -0.1) is 0 Å². The molecule has 0 aromatic carbocycles. The molecule has 0 saturated heterocycles. The van der Waals surface area contributed by atoms with Crippen LogP contribution in [0.25, 0.3) is 0 Å². The van der Waals surface area contributed by atoms with Crippen molar-refractivity contribution in [1.82, 2.24) is 14.5 Å². The Morgan fingerprint density at radius 2 is 1.84 bits per heavy atom. The molecule has 0 amide bonds. The first kappa shape index (κ1) is 16.2. The summed E-state index contributed by atoms with van der Waals surface area (Å²) >= 11 is 0. The van der Waals surface area contributed by atoms with Crippen molar-refractivity contribution in [2.45, 2.75) is 58.5 Å². The summed E-state index contributed by atoms with van der Waals surface area (Å²) in [7, 11) is 2.03. The molecule has 1 unspecified atom stereocenters. The van der Waals surface area contributed by atoms with Crippen LogP contribution in [0.4, 0.5) is 0 Å². The first-order valence-electron chi connectivity index (χ1n) is 7.52. The van der Waals surface area contributed by atoms with E-state index in [4.69, 9.17) is 5.73 Å². The van der Waals surface area contributed by atoms with Crippen LogP contribution in [0.1, 0.15) is 46.4 Å². The summed E-state index contributed by atoms with van der Waals surface area (Å²) in [6.07, 6.45) is 6.83. The number of nitrogens with zero attached hydrogens (tertiary/aromatic N) is 3. The van der Waals surface area contributed by atoms with Crippen LogP contribution < -0.4 is 5.73 Å². The van der Waals surface area contributed by atoms with Gasteiger partial charge in [0, 0.05) is 37.4 Å². The summed E-state index contributed by atoms with van der Waals surface area (Å²) < 4.78 is 2.07. The van der Waals surface area contributed by atoms with Gasteiger partial charge in [-0.05, 0) is 25.9 Å². The number of imidazole rings is 1. The van der Waals surface area contributed by atoms with Gasteiger partial charge in [0.1, 0.15) is 5.82 Å². The average Bonchev–Trinajstić information content (AvgIpc) is 2.81. The molecule has 0 radical (unpaired) electrons.